The molecule has 0 heterocycles. The molecule has 0 bridgehead atoms. The first-order valence-corrected chi connectivity index (χ1v) is 7.17. The van der Waals surface area contributed by atoms with E-state index in [-0.39, 0.29) is 17.4 Å². The van der Waals surface area contributed by atoms with E-state index in [2.05, 4.69) is 17.6 Å². The molecular weight excluding hydrogens is 244 g/mol. The van der Waals surface area contributed by atoms with Crippen LogP contribution in [0, 0.1) is 11.3 Å². The van der Waals surface area contributed by atoms with Crippen LogP contribution in [0.3, 0.4) is 0 Å². The van der Waals surface area contributed by atoms with Crippen LogP contribution in [0.4, 0.5) is 4.79 Å². The van der Waals surface area contributed by atoms with Crippen molar-refractivity contribution in [3.05, 3.63) is 0 Å². The summed E-state index contributed by atoms with van der Waals surface area (Å²) in [6.45, 7) is 6.35. The second kappa shape index (κ2) is 6.78. The van der Waals surface area contributed by atoms with Crippen molar-refractivity contribution >= 4 is 12.0 Å². The number of rotatable bonds is 6. The number of carboxylic acid groups (broad SMARTS) is 1. The van der Waals surface area contributed by atoms with E-state index in [1.54, 1.807) is 13.8 Å². The van der Waals surface area contributed by atoms with Gasteiger partial charge in [-0.2, -0.15) is 0 Å². The van der Waals surface area contributed by atoms with Gasteiger partial charge < -0.3 is 15.7 Å². The van der Waals surface area contributed by atoms with Crippen LogP contribution in [-0.2, 0) is 4.79 Å². The van der Waals surface area contributed by atoms with Crippen molar-refractivity contribution < 1.29 is 14.7 Å². The highest BCUT2D eigenvalue weighted by atomic mass is 16.4. The summed E-state index contributed by atoms with van der Waals surface area (Å²) in [5, 5.41) is 14.4. The van der Waals surface area contributed by atoms with Crippen molar-refractivity contribution in [1.82, 2.24) is 10.6 Å². The average Bonchev–Trinajstić information content (AvgIpc) is 2.82. The molecule has 5 heteroatoms. The first-order chi connectivity index (χ1) is 8.90. The van der Waals surface area contributed by atoms with Crippen LogP contribution in [0.2, 0.25) is 0 Å². The molecule has 0 aromatic heterocycles. The molecule has 0 saturated heterocycles. The summed E-state index contributed by atoms with van der Waals surface area (Å²) in [7, 11) is 0. The topological polar surface area (TPSA) is 78.4 Å². The number of carbonyl (C=O) groups is 2. The average molecular weight is 270 g/mol. The van der Waals surface area contributed by atoms with Crippen LogP contribution in [0.1, 0.15) is 52.9 Å². The van der Waals surface area contributed by atoms with E-state index in [4.69, 9.17) is 5.11 Å². The Morgan fingerprint density at radius 3 is 2.26 bits per heavy atom. The fourth-order valence-electron chi connectivity index (χ4n) is 2.75. The van der Waals surface area contributed by atoms with E-state index in [0.717, 1.165) is 19.3 Å². The smallest absolute Gasteiger partial charge is 0.326 e. The third kappa shape index (κ3) is 4.40. The maximum Gasteiger partial charge on any atom is 0.326 e. The third-order valence-corrected chi connectivity index (χ3v) is 4.26. The number of aliphatic carboxylic acids is 1. The second-order valence-corrected chi connectivity index (χ2v) is 5.95. The monoisotopic (exact) mass is 270 g/mol. The molecule has 0 aliphatic heterocycles. The number of carboxylic acids is 1. The summed E-state index contributed by atoms with van der Waals surface area (Å²) >= 11 is 0. The standard InChI is InChI=1S/C14H26N2O3/c1-4-14(7-5-6-8-14)9-15-13(19)16-11(10(2)3)12(17)18/h10-11H,4-9H2,1-3H3,(H,17,18)(H2,15,16,19)/t11-/m0/s1. The molecule has 3 N–H and O–H groups in total. The summed E-state index contributed by atoms with van der Waals surface area (Å²) < 4.78 is 0. The van der Waals surface area contributed by atoms with Crippen molar-refractivity contribution in [1.29, 1.82) is 0 Å². The van der Waals surface area contributed by atoms with Crippen molar-refractivity contribution in [2.45, 2.75) is 58.9 Å². The van der Waals surface area contributed by atoms with Gasteiger partial charge in [-0.15, -0.1) is 0 Å². The number of nitrogens with one attached hydrogen (secondary N) is 2. The Balaban J connectivity index is 2.44. The first-order valence-electron chi connectivity index (χ1n) is 7.17. The predicted molar refractivity (Wildman–Crippen MR) is 74.0 cm³/mol. The Morgan fingerprint density at radius 2 is 1.84 bits per heavy atom. The van der Waals surface area contributed by atoms with Crippen LogP contribution >= 0.6 is 0 Å². The number of urea groups is 1. The number of amides is 2. The van der Waals surface area contributed by atoms with Gasteiger partial charge in [0.15, 0.2) is 0 Å². The van der Waals surface area contributed by atoms with Gasteiger partial charge in [-0.25, -0.2) is 9.59 Å². The van der Waals surface area contributed by atoms with Gasteiger partial charge in [0, 0.05) is 6.54 Å². The first kappa shape index (κ1) is 15.8. The van der Waals surface area contributed by atoms with Crippen molar-refractivity contribution in [2.75, 3.05) is 6.54 Å². The van der Waals surface area contributed by atoms with Crippen LogP contribution in [0.25, 0.3) is 0 Å². The summed E-state index contributed by atoms with van der Waals surface area (Å²) in [5.41, 5.74) is 0.216. The minimum absolute atomic E-state index is 0.130. The van der Waals surface area contributed by atoms with Gasteiger partial charge in [0.1, 0.15) is 6.04 Å². The molecule has 1 aliphatic carbocycles. The number of hydrogen-bond acceptors (Lipinski definition) is 2. The Bertz CT molecular complexity index is 323. The summed E-state index contributed by atoms with van der Waals surface area (Å²) in [4.78, 5) is 22.8. The summed E-state index contributed by atoms with van der Waals surface area (Å²) in [6.07, 6.45) is 5.80. The number of carbonyl (C=O) groups excluding carboxylic acids is 1. The molecule has 0 aromatic rings. The van der Waals surface area contributed by atoms with Crippen LogP contribution in [0.5, 0.6) is 0 Å². The molecule has 19 heavy (non-hydrogen) atoms. The van der Waals surface area contributed by atoms with Gasteiger partial charge in [0.25, 0.3) is 0 Å². The molecule has 2 amide bonds. The molecule has 0 unspecified atom stereocenters. The quantitative estimate of drug-likeness (QED) is 0.693. The van der Waals surface area contributed by atoms with Gasteiger partial charge in [-0.1, -0.05) is 33.6 Å². The highest BCUT2D eigenvalue weighted by Gasteiger charge is 2.32. The molecule has 0 aromatic carbocycles. The van der Waals surface area contributed by atoms with Crippen molar-refractivity contribution in [3.63, 3.8) is 0 Å². The van der Waals surface area contributed by atoms with Crippen LogP contribution in [-0.4, -0.2) is 29.7 Å². The minimum atomic E-state index is -0.990. The van der Waals surface area contributed by atoms with Crippen molar-refractivity contribution in [3.8, 4) is 0 Å². The lowest BCUT2D eigenvalue weighted by molar-refractivity contribution is -0.140. The van der Waals surface area contributed by atoms with Gasteiger partial charge in [0.05, 0.1) is 0 Å². The zero-order chi connectivity index (χ0) is 14.5. The molecule has 110 valence electrons. The molecule has 1 fully saturated rings. The zero-order valence-corrected chi connectivity index (χ0v) is 12.2. The van der Waals surface area contributed by atoms with Gasteiger partial charge in [0.2, 0.25) is 0 Å². The van der Waals surface area contributed by atoms with E-state index >= 15 is 0 Å². The lowest BCUT2D eigenvalue weighted by Crippen LogP contribution is -2.50. The lowest BCUT2D eigenvalue weighted by atomic mass is 9.83. The highest BCUT2D eigenvalue weighted by molar-refractivity contribution is 5.82. The maximum atomic E-state index is 11.8. The van der Waals surface area contributed by atoms with Gasteiger partial charge >= 0.3 is 12.0 Å². The minimum Gasteiger partial charge on any atom is -0.480 e. The van der Waals surface area contributed by atoms with Gasteiger partial charge in [-0.05, 0) is 30.6 Å². The van der Waals surface area contributed by atoms with E-state index in [1.807, 2.05) is 0 Å². The second-order valence-electron chi connectivity index (χ2n) is 5.95. The summed E-state index contributed by atoms with van der Waals surface area (Å²) in [5.74, 6) is -1.12. The van der Waals surface area contributed by atoms with Crippen LogP contribution in [0.15, 0.2) is 0 Å². The fourth-order valence-corrected chi connectivity index (χ4v) is 2.75. The molecular formula is C14H26N2O3. The lowest BCUT2D eigenvalue weighted by Gasteiger charge is -2.28. The van der Waals surface area contributed by atoms with E-state index < -0.39 is 12.0 Å². The summed E-state index contributed by atoms with van der Waals surface area (Å²) in [6, 6.07) is -1.21. The maximum absolute atomic E-state index is 11.8. The van der Waals surface area contributed by atoms with E-state index in [0.29, 0.717) is 6.54 Å². The van der Waals surface area contributed by atoms with Crippen LogP contribution < -0.4 is 10.6 Å². The van der Waals surface area contributed by atoms with Crippen molar-refractivity contribution in [2.24, 2.45) is 11.3 Å². The highest BCUT2D eigenvalue weighted by Crippen LogP contribution is 2.40. The Hall–Kier alpha value is -1.26. The van der Waals surface area contributed by atoms with Gasteiger partial charge in [-0.3, -0.25) is 0 Å². The molecule has 1 aliphatic rings. The Morgan fingerprint density at radius 1 is 1.26 bits per heavy atom. The van der Waals surface area contributed by atoms with E-state index in [9.17, 15) is 9.59 Å². The fraction of sp³-hybridized carbons (Fsp3) is 0.857. The molecule has 1 atom stereocenters. The largest absolute Gasteiger partial charge is 0.480 e. The third-order valence-electron chi connectivity index (χ3n) is 4.26. The number of hydrogen-bond donors (Lipinski definition) is 3. The zero-order valence-electron chi connectivity index (χ0n) is 12.2. The molecule has 0 spiro atoms. The SMILES string of the molecule is CCC1(CNC(=O)N[C@H](C(=O)O)C(C)C)CCCC1. The normalized spacial score (nSPS) is 19.2. The molecule has 1 saturated carbocycles. The Labute approximate surface area is 115 Å². The Kier molecular flexibility index (Phi) is 5.63. The van der Waals surface area contributed by atoms with E-state index in [1.165, 1.54) is 12.8 Å². The molecule has 5 nitrogen and oxygen atoms in total. The molecule has 1 rings (SSSR count). The molecule has 0 radical (unpaired) electrons. The predicted octanol–water partition coefficient (Wildman–Crippen LogP) is 2.37.